The van der Waals surface area contributed by atoms with Crippen LogP contribution in [-0.4, -0.2) is 43.5 Å². The van der Waals surface area contributed by atoms with Gasteiger partial charge in [-0.15, -0.1) is 0 Å². The number of nitrogens with zero attached hydrogens (tertiary/aromatic N) is 1. The number of carbonyl (C=O) groups is 1. The average Bonchev–Trinajstić information content (AvgIpc) is 2.28. The van der Waals surface area contributed by atoms with Gasteiger partial charge in [0.15, 0.2) is 0 Å². The molecule has 0 amide bonds. The molecular weight excluding hydrogens is 154 g/mol. The van der Waals surface area contributed by atoms with Gasteiger partial charge in [0.2, 0.25) is 0 Å². The lowest BCUT2D eigenvalue weighted by Crippen LogP contribution is -2.28. The summed E-state index contributed by atoms with van der Waals surface area (Å²) in [6.45, 7) is 6.29. The molecule has 1 heterocycles. The Bertz CT molecular complexity index is 139. The van der Waals surface area contributed by atoms with E-state index < -0.39 is 0 Å². The summed E-state index contributed by atoms with van der Waals surface area (Å²) in [7, 11) is 0. The smallest absolute Gasteiger partial charge is 0.131 e. The van der Waals surface area contributed by atoms with Gasteiger partial charge in [-0.3, -0.25) is 4.79 Å². The summed E-state index contributed by atoms with van der Waals surface area (Å²) in [5.41, 5.74) is 0. The van der Waals surface area contributed by atoms with Crippen LogP contribution in [0.2, 0.25) is 0 Å². The maximum Gasteiger partial charge on any atom is 0.131 e. The van der Waals surface area contributed by atoms with Crippen molar-refractivity contribution in [1.29, 1.82) is 0 Å². The van der Waals surface area contributed by atoms with Gasteiger partial charge in [-0.05, 0) is 13.3 Å². The minimum atomic E-state index is 0.278. The number of carbonyl (C=O) groups excluding carboxylic acids is 1. The molecule has 0 radical (unpaired) electrons. The van der Waals surface area contributed by atoms with Gasteiger partial charge in [-0.25, -0.2) is 0 Å². The van der Waals surface area contributed by atoms with Crippen LogP contribution in [0.5, 0.6) is 0 Å². The maximum absolute atomic E-state index is 10.7. The fourth-order valence-electron chi connectivity index (χ4n) is 1.34. The molecular formula is C9H17NO2. The second-order valence-electron chi connectivity index (χ2n) is 3.26. The number of ether oxygens (including phenoxy) is 1. The monoisotopic (exact) mass is 171 g/mol. The molecule has 1 rings (SSSR count). The van der Waals surface area contributed by atoms with Crippen LogP contribution in [0.1, 0.15) is 19.8 Å². The van der Waals surface area contributed by atoms with Gasteiger partial charge in [0, 0.05) is 32.7 Å². The van der Waals surface area contributed by atoms with Crippen molar-refractivity contribution >= 4 is 5.78 Å². The van der Waals surface area contributed by atoms with Crippen LogP contribution in [0.15, 0.2) is 0 Å². The second-order valence-corrected chi connectivity index (χ2v) is 3.26. The predicted molar refractivity (Wildman–Crippen MR) is 47.2 cm³/mol. The minimum absolute atomic E-state index is 0.278. The van der Waals surface area contributed by atoms with E-state index in [1.165, 1.54) is 0 Å². The van der Waals surface area contributed by atoms with Crippen LogP contribution < -0.4 is 0 Å². The van der Waals surface area contributed by atoms with Gasteiger partial charge < -0.3 is 9.64 Å². The van der Waals surface area contributed by atoms with Crippen LogP contribution in [0.4, 0.5) is 0 Å². The molecule has 0 aromatic rings. The van der Waals surface area contributed by atoms with Crippen molar-refractivity contribution in [3.63, 3.8) is 0 Å². The van der Waals surface area contributed by atoms with Crippen molar-refractivity contribution in [3.05, 3.63) is 0 Å². The van der Waals surface area contributed by atoms with Crippen molar-refractivity contribution in [2.45, 2.75) is 19.8 Å². The van der Waals surface area contributed by atoms with Gasteiger partial charge >= 0.3 is 0 Å². The van der Waals surface area contributed by atoms with Gasteiger partial charge in [-0.1, -0.05) is 0 Å². The maximum atomic E-state index is 10.7. The lowest BCUT2D eigenvalue weighted by molar-refractivity contribution is -0.117. The summed E-state index contributed by atoms with van der Waals surface area (Å²) in [4.78, 5) is 13.0. The highest BCUT2D eigenvalue weighted by Crippen LogP contribution is 1.99. The number of hydrogen-bond donors (Lipinski definition) is 0. The van der Waals surface area contributed by atoms with Crippen LogP contribution in [0.25, 0.3) is 0 Å². The predicted octanol–water partition coefficient (Wildman–Crippen LogP) is 0.688. The van der Waals surface area contributed by atoms with Crippen molar-refractivity contribution < 1.29 is 9.53 Å². The molecule has 3 heteroatoms. The Morgan fingerprint density at radius 2 is 2.25 bits per heavy atom. The van der Waals surface area contributed by atoms with Gasteiger partial charge in [0.25, 0.3) is 0 Å². The standard InChI is InChI=1S/C9H17NO2/c1-9(11)3-5-10-4-2-7-12-8-6-10/h2-8H2,1H3. The quantitative estimate of drug-likeness (QED) is 0.625. The van der Waals surface area contributed by atoms with Gasteiger partial charge in [0.05, 0.1) is 6.61 Å². The van der Waals surface area contributed by atoms with Gasteiger partial charge in [0.1, 0.15) is 5.78 Å². The van der Waals surface area contributed by atoms with E-state index in [0.717, 1.165) is 39.3 Å². The van der Waals surface area contributed by atoms with E-state index in [4.69, 9.17) is 4.74 Å². The third-order valence-corrected chi connectivity index (χ3v) is 2.09. The number of hydrogen-bond acceptors (Lipinski definition) is 3. The first-order valence-corrected chi connectivity index (χ1v) is 4.58. The summed E-state index contributed by atoms with van der Waals surface area (Å²) in [5, 5.41) is 0. The lowest BCUT2D eigenvalue weighted by atomic mass is 10.3. The van der Waals surface area contributed by atoms with Crippen LogP contribution in [0, 0.1) is 0 Å². The molecule has 0 unspecified atom stereocenters. The number of rotatable bonds is 3. The Kier molecular flexibility index (Phi) is 4.25. The van der Waals surface area contributed by atoms with E-state index in [-0.39, 0.29) is 5.78 Å². The summed E-state index contributed by atoms with van der Waals surface area (Å²) < 4.78 is 5.30. The molecule has 1 aliphatic rings. The number of Topliss-reactive ketones (excluding diaryl/α,β-unsaturated/α-hetero) is 1. The fraction of sp³-hybridized carbons (Fsp3) is 0.889. The highest BCUT2D eigenvalue weighted by Gasteiger charge is 2.08. The Balaban J connectivity index is 2.16. The zero-order valence-corrected chi connectivity index (χ0v) is 7.71. The molecule has 70 valence electrons. The SMILES string of the molecule is CC(=O)CCN1CCCOCC1. The highest BCUT2D eigenvalue weighted by molar-refractivity contribution is 5.75. The molecule has 0 N–H and O–H groups in total. The van der Waals surface area contributed by atoms with E-state index in [1.807, 2.05) is 0 Å². The molecule has 1 aliphatic heterocycles. The summed E-state index contributed by atoms with van der Waals surface area (Å²) >= 11 is 0. The molecule has 0 aliphatic carbocycles. The zero-order valence-electron chi connectivity index (χ0n) is 7.71. The summed E-state index contributed by atoms with van der Waals surface area (Å²) in [5.74, 6) is 0.278. The highest BCUT2D eigenvalue weighted by atomic mass is 16.5. The molecule has 1 saturated heterocycles. The Morgan fingerprint density at radius 3 is 3.00 bits per heavy atom. The Labute approximate surface area is 73.7 Å². The Morgan fingerprint density at radius 1 is 1.42 bits per heavy atom. The summed E-state index contributed by atoms with van der Waals surface area (Å²) in [6.07, 6.45) is 1.78. The van der Waals surface area contributed by atoms with E-state index in [0.29, 0.717) is 6.42 Å². The third kappa shape index (κ3) is 3.83. The fourth-order valence-corrected chi connectivity index (χ4v) is 1.34. The normalized spacial score (nSPS) is 20.4. The van der Waals surface area contributed by atoms with Crippen molar-refractivity contribution in [2.75, 3.05) is 32.8 Å². The first kappa shape index (κ1) is 9.68. The molecule has 0 bridgehead atoms. The van der Waals surface area contributed by atoms with E-state index >= 15 is 0 Å². The van der Waals surface area contributed by atoms with Crippen molar-refractivity contribution in [3.8, 4) is 0 Å². The molecule has 0 aromatic heterocycles. The molecule has 0 atom stereocenters. The second kappa shape index (κ2) is 5.27. The lowest BCUT2D eigenvalue weighted by Gasteiger charge is -2.17. The zero-order chi connectivity index (χ0) is 8.81. The first-order valence-electron chi connectivity index (χ1n) is 4.58. The van der Waals surface area contributed by atoms with E-state index in [2.05, 4.69) is 4.90 Å². The number of ketones is 1. The van der Waals surface area contributed by atoms with Crippen LogP contribution >= 0.6 is 0 Å². The molecule has 0 aromatic carbocycles. The molecule has 1 fully saturated rings. The van der Waals surface area contributed by atoms with Crippen molar-refractivity contribution in [2.24, 2.45) is 0 Å². The van der Waals surface area contributed by atoms with Crippen LogP contribution in [-0.2, 0) is 9.53 Å². The average molecular weight is 171 g/mol. The Hall–Kier alpha value is -0.410. The molecule has 0 saturated carbocycles. The van der Waals surface area contributed by atoms with Crippen LogP contribution in [0.3, 0.4) is 0 Å². The molecule has 0 spiro atoms. The van der Waals surface area contributed by atoms with Crippen molar-refractivity contribution in [1.82, 2.24) is 4.90 Å². The topological polar surface area (TPSA) is 29.5 Å². The van der Waals surface area contributed by atoms with E-state index in [1.54, 1.807) is 6.92 Å². The first-order chi connectivity index (χ1) is 5.79. The van der Waals surface area contributed by atoms with E-state index in [9.17, 15) is 4.79 Å². The van der Waals surface area contributed by atoms with Gasteiger partial charge in [-0.2, -0.15) is 0 Å². The summed E-state index contributed by atoms with van der Waals surface area (Å²) in [6, 6.07) is 0. The molecule has 3 nitrogen and oxygen atoms in total. The largest absolute Gasteiger partial charge is 0.380 e. The minimum Gasteiger partial charge on any atom is -0.380 e. The third-order valence-electron chi connectivity index (χ3n) is 2.09. The molecule has 12 heavy (non-hydrogen) atoms.